The Morgan fingerprint density at radius 3 is 2.71 bits per heavy atom. The molecule has 114 valence electrons. The van der Waals surface area contributed by atoms with E-state index in [0.717, 1.165) is 10.6 Å². The van der Waals surface area contributed by atoms with Crippen molar-refractivity contribution >= 4 is 29.2 Å². The molecular weight excluding hydrogens is 290 g/mol. The van der Waals surface area contributed by atoms with E-state index in [0.29, 0.717) is 26.1 Å². The summed E-state index contributed by atoms with van der Waals surface area (Å²) in [6.07, 6.45) is 2.74. The zero-order chi connectivity index (χ0) is 15.3. The van der Waals surface area contributed by atoms with E-state index in [2.05, 4.69) is 10.5 Å². The molecule has 1 aliphatic rings. The highest BCUT2D eigenvalue weighted by atomic mass is 32.2. The van der Waals surface area contributed by atoms with Crippen LogP contribution in [0.3, 0.4) is 0 Å². The molecule has 0 radical (unpaired) electrons. The van der Waals surface area contributed by atoms with E-state index in [-0.39, 0.29) is 11.7 Å². The molecule has 2 rings (SSSR count). The Morgan fingerprint density at radius 2 is 2.10 bits per heavy atom. The van der Waals surface area contributed by atoms with Gasteiger partial charge in [-0.2, -0.15) is 0 Å². The molecule has 0 unspecified atom stereocenters. The summed E-state index contributed by atoms with van der Waals surface area (Å²) in [6.45, 7) is 0.821. The molecule has 0 aromatic heterocycles. The number of para-hydroxylation sites is 1. The number of hydrogen-bond acceptors (Lipinski definition) is 5. The number of carbonyl (C=O) groups excluding carboxylic acids is 1. The van der Waals surface area contributed by atoms with Gasteiger partial charge in [0.1, 0.15) is 5.41 Å². The number of nitrogens with two attached hydrogens (primary N) is 1. The molecule has 7 heteroatoms. The molecule has 0 saturated carbocycles. The summed E-state index contributed by atoms with van der Waals surface area (Å²) in [6, 6.07) is 7.54. The number of hydrogen-bond donors (Lipinski definition) is 3. The average Bonchev–Trinajstić information content (AvgIpc) is 2.55. The summed E-state index contributed by atoms with van der Waals surface area (Å²) in [4.78, 5) is 13.7. The molecule has 1 aromatic carbocycles. The van der Waals surface area contributed by atoms with Gasteiger partial charge in [0, 0.05) is 18.1 Å². The van der Waals surface area contributed by atoms with E-state index in [1.54, 1.807) is 11.8 Å². The zero-order valence-corrected chi connectivity index (χ0v) is 12.7. The predicted octanol–water partition coefficient (Wildman–Crippen LogP) is 1.89. The second kappa shape index (κ2) is 6.82. The Bertz CT molecular complexity index is 542. The Hall–Kier alpha value is -1.73. The number of anilines is 1. The van der Waals surface area contributed by atoms with Gasteiger partial charge in [-0.1, -0.05) is 17.3 Å². The van der Waals surface area contributed by atoms with Crippen LogP contribution in [0.5, 0.6) is 0 Å². The fourth-order valence-electron chi connectivity index (χ4n) is 2.40. The lowest BCUT2D eigenvalue weighted by atomic mass is 9.78. The standard InChI is InChI=1S/C14H19N3O3S/c1-21-11-5-3-2-4-10(11)16-13(18)14(12(15)17-19)6-8-20-9-7-14/h2-5,19H,6-9H2,1H3,(H2,15,17)(H,16,18). The third-order valence-electron chi connectivity index (χ3n) is 3.73. The average molecular weight is 309 g/mol. The van der Waals surface area contributed by atoms with Crippen molar-refractivity contribution in [2.45, 2.75) is 17.7 Å². The molecule has 0 bridgehead atoms. The second-order valence-electron chi connectivity index (χ2n) is 4.83. The number of ether oxygens (including phenoxy) is 1. The second-order valence-corrected chi connectivity index (χ2v) is 5.68. The summed E-state index contributed by atoms with van der Waals surface area (Å²) >= 11 is 1.55. The van der Waals surface area contributed by atoms with Gasteiger partial charge in [0.15, 0.2) is 5.84 Å². The van der Waals surface area contributed by atoms with Crippen molar-refractivity contribution in [3.63, 3.8) is 0 Å². The lowest BCUT2D eigenvalue weighted by Gasteiger charge is -2.34. The lowest BCUT2D eigenvalue weighted by Crippen LogP contribution is -2.50. The number of amides is 1. The fraction of sp³-hybridized carbons (Fsp3) is 0.429. The summed E-state index contributed by atoms with van der Waals surface area (Å²) in [5, 5.41) is 15.0. The topological polar surface area (TPSA) is 96.9 Å². The molecule has 21 heavy (non-hydrogen) atoms. The van der Waals surface area contributed by atoms with Crippen LogP contribution in [0.2, 0.25) is 0 Å². The molecule has 6 nitrogen and oxygen atoms in total. The fourth-order valence-corrected chi connectivity index (χ4v) is 2.96. The van der Waals surface area contributed by atoms with Gasteiger partial charge >= 0.3 is 0 Å². The van der Waals surface area contributed by atoms with Gasteiger partial charge in [-0.15, -0.1) is 11.8 Å². The molecule has 0 spiro atoms. The maximum atomic E-state index is 12.7. The maximum absolute atomic E-state index is 12.7. The van der Waals surface area contributed by atoms with Crippen molar-refractivity contribution in [3.8, 4) is 0 Å². The van der Waals surface area contributed by atoms with Crippen molar-refractivity contribution < 1.29 is 14.7 Å². The number of carbonyl (C=O) groups is 1. The third-order valence-corrected chi connectivity index (χ3v) is 4.53. The van der Waals surface area contributed by atoms with Crippen LogP contribution in [-0.2, 0) is 9.53 Å². The monoisotopic (exact) mass is 309 g/mol. The molecule has 1 saturated heterocycles. The molecule has 4 N–H and O–H groups in total. The Labute approximate surface area is 127 Å². The SMILES string of the molecule is CSc1ccccc1NC(=O)C1(/C(N)=N/O)CCOCC1. The number of rotatable bonds is 4. The van der Waals surface area contributed by atoms with Crippen molar-refractivity contribution in [3.05, 3.63) is 24.3 Å². The highest BCUT2D eigenvalue weighted by Gasteiger charge is 2.44. The van der Waals surface area contributed by atoms with Crippen LogP contribution in [0, 0.1) is 5.41 Å². The Morgan fingerprint density at radius 1 is 1.43 bits per heavy atom. The maximum Gasteiger partial charge on any atom is 0.238 e. The van der Waals surface area contributed by atoms with Gasteiger partial charge in [-0.25, -0.2) is 0 Å². The highest BCUT2D eigenvalue weighted by Crippen LogP contribution is 2.34. The van der Waals surface area contributed by atoms with Crippen molar-refractivity contribution in [2.75, 3.05) is 24.8 Å². The lowest BCUT2D eigenvalue weighted by molar-refractivity contribution is -0.126. The first-order valence-corrected chi connectivity index (χ1v) is 7.87. The van der Waals surface area contributed by atoms with Crippen molar-refractivity contribution in [1.29, 1.82) is 0 Å². The number of benzene rings is 1. The first-order chi connectivity index (χ1) is 10.1. The minimum absolute atomic E-state index is 0.0649. The van der Waals surface area contributed by atoms with Gasteiger partial charge < -0.3 is 21.0 Å². The molecule has 1 heterocycles. The quantitative estimate of drug-likeness (QED) is 0.259. The largest absolute Gasteiger partial charge is 0.409 e. The smallest absolute Gasteiger partial charge is 0.238 e. The molecule has 1 fully saturated rings. The highest BCUT2D eigenvalue weighted by molar-refractivity contribution is 7.98. The molecule has 0 aliphatic carbocycles. The van der Waals surface area contributed by atoms with Crippen LogP contribution in [0.1, 0.15) is 12.8 Å². The van der Waals surface area contributed by atoms with Crippen LogP contribution in [-0.4, -0.2) is 36.4 Å². The van der Waals surface area contributed by atoms with E-state index in [4.69, 9.17) is 15.7 Å². The molecule has 1 aromatic rings. The van der Waals surface area contributed by atoms with Crippen molar-refractivity contribution in [2.24, 2.45) is 16.3 Å². The van der Waals surface area contributed by atoms with Crippen LogP contribution in [0.4, 0.5) is 5.69 Å². The van der Waals surface area contributed by atoms with Crippen LogP contribution in [0.25, 0.3) is 0 Å². The van der Waals surface area contributed by atoms with E-state index in [9.17, 15) is 4.79 Å². The zero-order valence-electron chi connectivity index (χ0n) is 11.8. The minimum atomic E-state index is -1.02. The number of amidine groups is 1. The summed E-state index contributed by atoms with van der Waals surface area (Å²) < 4.78 is 5.29. The van der Waals surface area contributed by atoms with Gasteiger partial charge in [-0.3, -0.25) is 4.79 Å². The normalized spacial score (nSPS) is 18.2. The van der Waals surface area contributed by atoms with Crippen LogP contribution < -0.4 is 11.1 Å². The minimum Gasteiger partial charge on any atom is -0.409 e. The number of nitrogens with zero attached hydrogens (tertiary/aromatic N) is 1. The van der Waals surface area contributed by atoms with E-state index in [1.165, 1.54) is 0 Å². The van der Waals surface area contributed by atoms with Gasteiger partial charge in [0.05, 0.1) is 5.69 Å². The Balaban J connectivity index is 2.27. The summed E-state index contributed by atoms with van der Waals surface area (Å²) in [5.74, 6) is -0.326. The third kappa shape index (κ3) is 3.14. The van der Waals surface area contributed by atoms with E-state index >= 15 is 0 Å². The Kier molecular flexibility index (Phi) is 5.08. The van der Waals surface area contributed by atoms with E-state index < -0.39 is 5.41 Å². The molecule has 1 aliphatic heterocycles. The number of oxime groups is 1. The molecule has 0 atom stereocenters. The van der Waals surface area contributed by atoms with Gasteiger partial charge in [0.25, 0.3) is 0 Å². The summed E-state index contributed by atoms with van der Waals surface area (Å²) in [7, 11) is 0. The first-order valence-electron chi connectivity index (χ1n) is 6.64. The van der Waals surface area contributed by atoms with Crippen molar-refractivity contribution in [1.82, 2.24) is 0 Å². The summed E-state index contributed by atoms with van der Waals surface area (Å²) in [5.41, 5.74) is 5.50. The van der Waals surface area contributed by atoms with Gasteiger partial charge in [0.2, 0.25) is 5.91 Å². The van der Waals surface area contributed by atoms with Gasteiger partial charge in [-0.05, 0) is 31.2 Å². The van der Waals surface area contributed by atoms with E-state index in [1.807, 2.05) is 30.5 Å². The molecule has 1 amide bonds. The first kappa shape index (κ1) is 15.7. The van der Waals surface area contributed by atoms with Crippen LogP contribution >= 0.6 is 11.8 Å². The number of nitrogens with one attached hydrogen (secondary N) is 1. The number of thioether (sulfide) groups is 1. The van der Waals surface area contributed by atoms with Crippen LogP contribution in [0.15, 0.2) is 34.3 Å². The predicted molar refractivity (Wildman–Crippen MR) is 82.7 cm³/mol. The molecular formula is C14H19N3O3S.